The lowest BCUT2D eigenvalue weighted by Crippen LogP contribution is -2.15. The second kappa shape index (κ2) is 7.65. The van der Waals surface area contributed by atoms with Crippen LogP contribution in [0.4, 0.5) is 5.69 Å². The first-order chi connectivity index (χ1) is 12.5. The molecule has 6 heteroatoms. The molecule has 3 aromatic rings. The molecule has 0 spiro atoms. The molecule has 132 valence electrons. The first-order valence-corrected chi connectivity index (χ1v) is 8.33. The number of para-hydroxylation sites is 2. The molecule has 0 saturated heterocycles. The molecule has 0 saturated carbocycles. The van der Waals surface area contributed by atoms with Crippen molar-refractivity contribution in [3.63, 3.8) is 0 Å². The van der Waals surface area contributed by atoms with Crippen molar-refractivity contribution in [2.75, 3.05) is 5.32 Å². The van der Waals surface area contributed by atoms with E-state index in [1.165, 1.54) is 10.2 Å². The number of nitrogens with one attached hydrogen (secondary N) is 1. The van der Waals surface area contributed by atoms with Crippen LogP contribution in [-0.4, -0.2) is 21.6 Å². The van der Waals surface area contributed by atoms with Gasteiger partial charge in [-0.05, 0) is 37.1 Å². The molecule has 1 aromatic heterocycles. The summed E-state index contributed by atoms with van der Waals surface area (Å²) in [4.78, 5) is 23.6. The molecule has 0 aliphatic carbocycles. The average Bonchev–Trinajstić information content (AvgIpc) is 3.12. The van der Waals surface area contributed by atoms with Crippen LogP contribution in [-0.2, 0) is 11.2 Å². The van der Waals surface area contributed by atoms with E-state index in [1.54, 1.807) is 18.3 Å². The second-order valence-electron chi connectivity index (χ2n) is 6.06. The summed E-state index contributed by atoms with van der Waals surface area (Å²) in [6.07, 6.45) is 2.68. The first-order valence-electron chi connectivity index (χ1n) is 8.33. The van der Waals surface area contributed by atoms with Crippen LogP contribution in [0, 0.1) is 6.92 Å². The van der Waals surface area contributed by atoms with Gasteiger partial charge in [-0.25, -0.2) is 4.68 Å². The molecule has 0 radical (unpaired) electrons. The Hall–Kier alpha value is -3.41. The highest BCUT2D eigenvalue weighted by Gasteiger charge is 2.11. The SMILES string of the molecule is Cc1ccc(CCC(=O)Nc2ccccc2-n2ccc(C(N)=O)n2)cc1. The third-order valence-electron chi connectivity index (χ3n) is 4.03. The van der Waals surface area contributed by atoms with Crippen LogP contribution in [0.15, 0.2) is 60.8 Å². The van der Waals surface area contributed by atoms with Gasteiger partial charge in [-0.1, -0.05) is 42.0 Å². The van der Waals surface area contributed by atoms with Crippen LogP contribution >= 0.6 is 0 Å². The van der Waals surface area contributed by atoms with E-state index in [0.29, 0.717) is 24.2 Å². The van der Waals surface area contributed by atoms with Gasteiger partial charge in [0.15, 0.2) is 0 Å². The molecule has 1 heterocycles. The van der Waals surface area contributed by atoms with Crippen molar-refractivity contribution in [1.29, 1.82) is 0 Å². The Morgan fingerprint density at radius 1 is 1.08 bits per heavy atom. The zero-order valence-electron chi connectivity index (χ0n) is 14.5. The third-order valence-corrected chi connectivity index (χ3v) is 4.03. The van der Waals surface area contributed by atoms with Crippen molar-refractivity contribution in [1.82, 2.24) is 9.78 Å². The maximum atomic E-state index is 12.3. The number of nitrogens with zero attached hydrogens (tertiary/aromatic N) is 2. The van der Waals surface area contributed by atoms with E-state index in [4.69, 9.17) is 5.73 Å². The summed E-state index contributed by atoms with van der Waals surface area (Å²) < 4.78 is 1.52. The van der Waals surface area contributed by atoms with Crippen molar-refractivity contribution in [2.45, 2.75) is 19.8 Å². The molecule has 2 amide bonds. The maximum absolute atomic E-state index is 12.3. The van der Waals surface area contributed by atoms with Gasteiger partial charge in [0.25, 0.3) is 5.91 Å². The zero-order valence-corrected chi connectivity index (χ0v) is 14.5. The standard InChI is InChI=1S/C20H20N4O2/c1-14-6-8-15(9-7-14)10-11-19(25)22-16-4-2-3-5-18(16)24-13-12-17(23-24)20(21)26/h2-9,12-13H,10-11H2,1H3,(H2,21,26)(H,22,25). The van der Waals surface area contributed by atoms with E-state index in [0.717, 1.165) is 5.56 Å². The first kappa shape index (κ1) is 17.4. The topological polar surface area (TPSA) is 90.0 Å². The Bertz CT molecular complexity index is 929. The Morgan fingerprint density at radius 3 is 2.50 bits per heavy atom. The van der Waals surface area contributed by atoms with Gasteiger partial charge in [-0.15, -0.1) is 0 Å². The Morgan fingerprint density at radius 2 is 1.81 bits per heavy atom. The molecule has 3 rings (SSSR count). The predicted octanol–water partition coefficient (Wildman–Crippen LogP) is 2.85. The molecular weight excluding hydrogens is 328 g/mol. The lowest BCUT2D eigenvalue weighted by Gasteiger charge is -2.11. The fourth-order valence-corrected chi connectivity index (χ4v) is 2.59. The highest BCUT2D eigenvalue weighted by Crippen LogP contribution is 2.20. The average molecular weight is 348 g/mol. The molecule has 6 nitrogen and oxygen atoms in total. The molecule has 26 heavy (non-hydrogen) atoms. The molecule has 0 atom stereocenters. The van der Waals surface area contributed by atoms with E-state index >= 15 is 0 Å². The van der Waals surface area contributed by atoms with Crippen LogP contribution in [0.25, 0.3) is 5.69 Å². The number of nitrogens with two attached hydrogens (primary N) is 1. The molecule has 3 N–H and O–H groups in total. The molecular formula is C20H20N4O2. The van der Waals surface area contributed by atoms with Gasteiger partial charge in [0, 0.05) is 12.6 Å². The lowest BCUT2D eigenvalue weighted by atomic mass is 10.1. The van der Waals surface area contributed by atoms with E-state index in [9.17, 15) is 9.59 Å². The van der Waals surface area contributed by atoms with Crippen LogP contribution in [0.5, 0.6) is 0 Å². The number of hydrogen-bond acceptors (Lipinski definition) is 3. The quantitative estimate of drug-likeness (QED) is 0.718. The minimum Gasteiger partial charge on any atom is -0.364 e. The zero-order chi connectivity index (χ0) is 18.5. The number of anilines is 1. The fraction of sp³-hybridized carbons (Fsp3) is 0.150. The highest BCUT2D eigenvalue weighted by atomic mass is 16.2. The summed E-state index contributed by atoms with van der Waals surface area (Å²) in [7, 11) is 0. The number of amides is 2. The van der Waals surface area contributed by atoms with Crippen molar-refractivity contribution in [3.8, 4) is 5.69 Å². The predicted molar refractivity (Wildman–Crippen MR) is 100 cm³/mol. The number of rotatable bonds is 6. The van der Waals surface area contributed by atoms with Crippen molar-refractivity contribution < 1.29 is 9.59 Å². The summed E-state index contributed by atoms with van der Waals surface area (Å²) in [5.41, 5.74) is 9.03. The number of carbonyl (C=O) groups excluding carboxylic acids is 2. The summed E-state index contributed by atoms with van der Waals surface area (Å²) in [5, 5.41) is 7.05. The normalized spacial score (nSPS) is 10.5. The summed E-state index contributed by atoms with van der Waals surface area (Å²) in [6.45, 7) is 2.03. The number of carbonyl (C=O) groups is 2. The molecule has 0 fully saturated rings. The monoisotopic (exact) mass is 348 g/mol. The molecule has 0 unspecified atom stereocenters. The number of aromatic nitrogens is 2. The van der Waals surface area contributed by atoms with Gasteiger partial charge in [0.2, 0.25) is 5.91 Å². The molecule has 0 aliphatic heterocycles. The van der Waals surface area contributed by atoms with E-state index in [1.807, 2.05) is 49.4 Å². The van der Waals surface area contributed by atoms with Gasteiger partial charge in [-0.2, -0.15) is 5.10 Å². The minimum absolute atomic E-state index is 0.0831. The van der Waals surface area contributed by atoms with Gasteiger partial charge in [0.05, 0.1) is 11.4 Å². The number of benzene rings is 2. The van der Waals surface area contributed by atoms with Crippen molar-refractivity contribution in [2.24, 2.45) is 5.73 Å². The Kier molecular flexibility index (Phi) is 5.12. The van der Waals surface area contributed by atoms with E-state index in [2.05, 4.69) is 10.4 Å². The highest BCUT2D eigenvalue weighted by molar-refractivity contribution is 5.93. The molecule has 0 bridgehead atoms. The van der Waals surface area contributed by atoms with Crippen LogP contribution in [0.1, 0.15) is 28.0 Å². The Balaban J connectivity index is 1.70. The Labute approximate surface area is 151 Å². The van der Waals surface area contributed by atoms with Crippen LogP contribution < -0.4 is 11.1 Å². The smallest absolute Gasteiger partial charge is 0.269 e. The largest absolute Gasteiger partial charge is 0.364 e. The van der Waals surface area contributed by atoms with Crippen molar-refractivity contribution >= 4 is 17.5 Å². The number of primary amides is 1. The van der Waals surface area contributed by atoms with Gasteiger partial charge in [0.1, 0.15) is 5.69 Å². The maximum Gasteiger partial charge on any atom is 0.269 e. The van der Waals surface area contributed by atoms with Gasteiger partial charge in [-0.3, -0.25) is 9.59 Å². The summed E-state index contributed by atoms with van der Waals surface area (Å²) in [5.74, 6) is -0.677. The summed E-state index contributed by atoms with van der Waals surface area (Å²) in [6, 6.07) is 17.0. The lowest BCUT2D eigenvalue weighted by molar-refractivity contribution is -0.116. The van der Waals surface area contributed by atoms with Crippen LogP contribution in [0.2, 0.25) is 0 Å². The molecule has 0 aliphatic rings. The van der Waals surface area contributed by atoms with Crippen molar-refractivity contribution in [3.05, 3.63) is 77.6 Å². The van der Waals surface area contributed by atoms with Gasteiger partial charge >= 0.3 is 0 Å². The van der Waals surface area contributed by atoms with E-state index in [-0.39, 0.29) is 11.6 Å². The second-order valence-corrected chi connectivity index (χ2v) is 6.06. The summed E-state index contributed by atoms with van der Waals surface area (Å²) >= 11 is 0. The van der Waals surface area contributed by atoms with E-state index < -0.39 is 5.91 Å². The number of hydrogen-bond donors (Lipinski definition) is 2. The van der Waals surface area contributed by atoms with Crippen LogP contribution in [0.3, 0.4) is 0 Å². The third kappa shape index (κ3) is 4.16. The molecule has 2 aromatic carbocycles. The number of aryl methyl sites for hydroxylation is 2. The fourth-order valence-electron chi connectivity index (χ4n) is 2.59. The van der Waals surface area contributed by atoms with Gasteiger partial charge < -0.3 is 11.1 Å². The minimum atomic E-state index is -0.594.